The van der Waals surface area contributed by atoms with Crippen molar-refractivity contribution in [3.8, 4) is 0 Å². The Hall–Kier alpha value is -2.04. The van der Waals surface area contributed by atoms with Crippen molar-refractivity contribution >= 4 is 11.9 Å². The molecule has 1 aromatic rings. The Morgan fingerprint density at radius 1 is 1.14 bits per heavy atom. The second kappa shape index (κ2) is 8.41. The molecule has 1 saturated heterocycles. The Morgan fingerprint density at radius 2 is 1.86 bits per heavy atom. The third-order valence-corrected chi connectivity index (χ3v) is 4.08. The number of benzene rings is 1. The molecule has 0 radical (unpaired) electrons. The SMILES string of the molecule is CCC1CCCCN1C(=O)NCCNC(=O)c1ccccc1. The highest BCUT2D eigenvalue weighted by Gasteiger charge is 2.24. The molecule has 1 aliphatic heterocycles. The Kier molecular flexibility index (Phi) is 6.25. The van der Waals surface area contributed by atoms with Crippen LogP contribution in [0.2, 0.25) is 0 Å². The number of nitrogens with zero attached hydrogens (tertiary/aromatic N) is 1. The number of likely N-dealkylation sites (tertiary alicyclic amines) is 1. The van der Waals surface area contributed by atoms with Gasteiger partial charge in [0.1, 0.15) is 0 Å². The molecule has 2 N–H and O–H groups in total. The number of amides is 3. The molecule has 1 heterocycles. The zero-order valence-corrected chi connectivity index (χ0v) is 13.2. The van der Waals surface area contributed by atoms with Crippen molar-refractivity contribution in [3.05, 3.63) is 35.9 Å². The number of rotatable bonds is 5. The summed E-state index contributed by atoms with van der Waals surface area (Å²) < 4.78 is 0. The van der Waals surface area contributed by atoms with E-state index in [1.54, 1.807) is 12.1 Å². The highest BCUT2D eigenvalue weighted by atomic mass is 16.2. The molecule has 120 valence electrons. The summed E-state index contributed by atoms with van der Waals surface area (Å²) >= 11 is 0. The number of urea groups is 1. The normalized spacial score (nSPS) is 17.9. The molecular formula is C17H25N3O2. The van der Waals surface area contributed by atoms with Gasteiger partial charge in [0.05, 0.1) is 0 Å². The first-order valence-corrected chi connectivity index (χ1v) is 8.10. The van der Waals surface area contributed by atoms with Crippen LogP contribution in [0.1, 0.15) is 43.0 Å². The van der Waals surface area contributed by atoms with Crippen molar-refractivity contribution < 1.29 is 9.59 Å². The van der Waals surface area contributed by atoms with Crippen LogP contribution in [-0.4, -0.2) is 42.5 Å². The quantitative estimate of drug-likeness (QED) is 0.821. The Bertz CT molecular complexity index is 490. The largest absolute Gasteiger partial charge is 0.350 e. The topological polar surface area (TPSA) is 61.4 Å². The van der Waals surface area contributed by atoms with Crippen LogP contribution in [0.25, 0.3) is 0 Å². The maximum atomic E-state index is 12.2. The molecule has 5 nitrogen and oxygen atoms in total. The van der Waals surface area contributed by atoms with Gasteiger partial charge in [-0.05, 0) is 37.8 Å². The van der Waals surface area contributed by atoms with Crippen LogP contribution >= 0.6 is 0 Å². The van der Waals surface area contributed by atoms with Gasteiger partial charge in [0.15, 0.2) is 0 Å². The molecule has 3 amide bonds. The number of hydrogen-bond donors (Lipinski definition) is 2. The first-order chi connectivity index (χ1) is 10.7. The van der Waals surface area contributed by atoms with E-state index in [-0.39, 0.29) is 11.9 Å². The van der Waals surface area contributed by atoms with E-state index in [1.165, 1.54) is 6.42 Å². The van der Waals surface area contributed by atoms with Gasteiger partial charge in [-0.1, -0.05) is 25.1 Å². The van der Waals surface area contributed by atoms with E-state index in [4.69, 9.17) is 0 Å². The van der Waals surface area contributed by atoms with E-state index in [0.717, 1.165) is 25.8 Å². The average Bonchev–Trinajstić information content (AvgIpc) is 2.59. The third kappa shape index (κ3) is 4.48. The Balaban J connectivity index is 1.70. The summed E-state index contributed by atoms with van der Waals surface area (Å²) in [6.07, 6.45) is 4.37. The van der Waals surface area contributed by atoms with E-state index in [9.17, 15) is 9.59 Å². The van der Waals surface area contributed by atoms with Crippen molar-refractivity contribution in [2.75, 3.05) is 19.6 Å². The van der Waals surface area contributed by atoms with Crippen molar-refractivity contribution in [1.29, 1.82) is 0 Å². The fourth-order valence-corrected chi connectivity index (χ4v) is 2.83. The smallest absolute Gasteiger partial charge is 0.317 e. The van der Waals surface area contributed by atoms with Crippen molar-refractivity contribution in [3.63, 3.8) is 0 Å². The lowest BCUT2D eigenvalue weighted by molar-refractivity contribution is 0.0952. The molecule has 0 saturated carbocycles. The number of hydrogen-bond acceptors (Lipinski definition) is 2. The van der Waals surface area contributed by atoms with E-state index in [1.807, 2.05) is 23.1 Å². The van der Waals surface area contributed by atoms with Crippen LogP contribution in [0, 0.1) is 0 Å². The fourth-order valence-electron chi connectivity index (χ4n) is 2.83. The average molecular weight is 303 g/mol. The van der Waals surface area contributed by atoms with Crippen LogP contribution in [-0.2, 0) is 0 Å². The summed E-state index contributed by atoms with van der Waals surface area (Å²) in [6.45, 7) is 3.84. The van der Waals surface area contributed by atoms with Crippen LogP contribution in [0.3, 0.4) is 0 Å². The zero-order valence-electron chi connectivity index (χ0n) is 13.2. The lowest BCUT2D eigenvalue weighted by atomic mass is 10.0. The molecule has 0 bridgehead atoms. The fraction of sp³-hybridized carbons (Fsp3) is 0.529. The van der Waals surface area contributed by atoms with Crippen LogP contribution in [0.4, 0.5) is 4.79 Å². The third-order valence-electron chi connectivity index (χ3n) is 4.08. The maximum Gasteiger partial charge on any atom is 0.317 e. The predicted molar refractivity (Wildman–Crippen MR) is 86.8 cm³/mol. The number of nitrogens with one attached hydrogen (secondary N) is 2. The highest BCUT2D eigenvalue weighted by molar-refractivity contribution is 5.94. The van der Waals surface area contributed by atoms with Gasteiger partial charge in [-0.2, -0.15) is 0 Å². The molecule has 0 spiro atoms. The molecule has 22 heavy (non-hydrogen) atoms. The van der Waals surface area contributed by atoms with Crippen molar-refractivity contribution in [1.82, 2.24) is 15.5 Å². The summed E-state index contributed by atoms with van der Waals surface area (Å²) in [5.41, 5.74) is 0.635. The molecule has 0 aliphatic carbocycles. The standard InChI is InChI=1S/C17H25N3O2/c1-2-15-10-6-7-13-20(15)17(22)19-12-11-18-16(21)14-8-4-3-5-9-14/h3-5,8-9,15H,2,6-7,10-13H2,1H3,(H,18,21)(H,19,22). The van der Waals surface area contributed by atoms with Gasteiger partial charge in [-0.25, -0.2) is 4.79 Å². The molecule has 1 atom stereocenters. The monoisotopic (exact) mass is 303 g/mol. The Labute approximate surface area is 132 Å². The molecule has 2 rings (SSSR count). The second-order valence-electron chi connectivity index (χ2n) is 5.61. The summed E-state index contributed by atoms with van der Waals surface area (Å²) in [6, 6.07) is 9.42. The molecule has 1 fully saturated rings. The number of piperidine rings is 1. The maximum absolute atomic E-state index is 12.2. The lowest BCUT2D eigenvalue weighted by Crippen LogP contribution is -2.49. The highest BCUT2D eigenvalue weighted by Crippen LogP contribution is 2.19. The van der Waals surface area contributed by atoms with Gasteiger partial charge in [0, 0.05) is 31.2 Å². The minimum Gasteiger partial charge on any atom is -0.350 e. The minimum atomic E-state index is -0.112. The lowest BCUT2D eigenvalue weighted by Gasteiger charge is -2.35. The van der Waals surface area contributed by atoms with Gasteiger partial charge in [0.25, 0.3) is 5.91 Å². The summed E-state index contributed by atoms with van der Waals surface area (Å²) in [4.78, 5) is 26.0. The summed E-state index contributed by atoms with van der Waals surface area (Å²) in [5, 5.41) is 5.71. The summed E-state index contributed by atoms with van der Waals surface area (Å²) in [5.74, 6) is -0.112. The van der Waals surface area contributed by atoms with Gasteiger partial charge in [-0.3, -0.25) is 4.79 Å². The second-order valence-corrected chi connectivity index (χ2v) is 5.61. The first kappa shape index (κ1) is 16.3. The van der Waals surface area contributed by atoms with Gasteiger partial charge >= 0.3 is 6.03 Å². The van der Waals surface area contributed by atoms with E-state index in [0.29, 0.717) is 24.7 Å². The van der Waals surface area contributed by atoms with Gasteiger partial charge in [0.2, 0.25) is 0 Å². The number of carbonyl (C=O) groups excluding carboxylic acids is 2. The van der Waals surface area contributed by atoms with Crippen LogP contribution in [0.5, 0.6) is 0 Å². The van der Waals surface area contributed by atoms with E-state index in [2.05, 4.69) is 17.6 Å². The molecular weight excluding hydrogens is 278 g/mol. The van der Waals surface area contributed by atoms with Crippen LogP contribution < -0.4 is 10.6 Å². The predicted octanol–water partition coefficient (Wildman–Crippen LogP) is 2.39. The molecule has 1 aromatic carbocycles. The number of carbonyl (C=O) groups is 2. The molecule has 1 unspecified atom stereocenters. The van der Waals surface area contributed by atoms with Crippen LogP contribution in [0.15, 0.2) is 30.3 Å². The van der Waals surface area contributed by atoms with E-state index < -0.39 is 0 Å². The van der Waals surface area contributed by atoms with Gasteiger partial charge in [-0.15, -0.1) is 0 Å². The van der Waals surface area contributed by atoms with Gasteiger partial charge < -0.3 is 15.5 Å². The Morgan fingerprint density at radius 3 is 2.59 bits per heavy atom. The minimum absolute atomic E-state index is 0.0134. The molecule has 5 heteroatoms. The van der Waals surface area contributed by atoms with E-state index >= 15 is 0 Å². The molecule has 1 aliphatic rings. The van der Waals surface area contributed by atoms with Crippen molar-refractivity contribution in [2.24, 2.45) is 0 Å². The molecule has 0 aromatic heterocycles. The summed E-state index contributed by atoms with van der Waals surface area (Å²) in [7, 11) is 0. The first-order valence-electron chi connectivity index (χ1n) is 8.10. The zero-order chi connectivity index (χ0) is 15.8. The van der Waals surface area contributed by atoms with Crippen molar-refractivity contribution in [2.45, 2.75) is 38.6 Å².